The second-order valence-corrected chi connectivity index (χ2v) is 7.63. The third-order valence-electron chi connectivity index (χ3n) is 5.19. The van der Waals surface area contributed by atoms with Crippen LogP contribution in [-0.4, -0.2) is 27.1 Å². The molecule has 2 aromatic carbocycles. The van der Waals surface area contributed by atoms with Gasteiger partial charge in [-0.25, -0.2) is 9.18 Å². The van der Waals surface area contributed by atoms with Crippen molar-refractivity contribution in [2.75, 3.05) is 0 Å². The zero-order valence-electron chi connectivity index (χ0n) is 16.5. The molecule has 0 radical (unpaired) electrons. The molecule has 0 unspecified atom stereocenters. The van der Waals surface area contributed by atoms with Crippen molar-refractivity contribution in [1.82, 2.24) is 9.47 Å². The number of aliphatic imine (C=N–C) groups is 1. The molecular weight excluding hydrogens is 405 g/mol. The largest absolute Gasteiger partial charge is 0.351 e. The average molecular weight is 424 g/mol. The summed E-state index contributed by atoms with van der Waals surface area (Å²) in [5.74, 6) is -0.857. The third kappa shape index (κ3) is 3.66. The number of amides is 3. The minimum Gasteiger partial charge on any atom is -0.318 e. The SMILES string of the molecule is Cc1cc(CC2=NC(=O)N(Cc3ccccc3)C2=O)c(C)n1-c1ccc(F)c(Cl)c1. The van der Waals surface area contributed by atoms with Gasteiger partial charge in [-0.15, -0.1) is 0 Å². The molecule has 0 N–H and O–H groups in total. The molecule has 0 aliphatic carbocycles. The summed E-state index contributed by atoms with van der Waals surface area (Å²) in [5.41, 5.74) is 4.46. The Morgan fingerprint density at radius 2 is 1.77 bits per heavy atom. The Labute approximate surface area is 178 Å². The zero-order chi connectivity index (χ0) is 21.4. The topological polar surface area (TPSA) is 54.7 Å². The fraction of sp³-hybridized carbons (Fsp3) is 0.174. The van der Waals surface area contributed by atoms with Gasteiger partial charge in [0.25, 0.3) is 5.91 Å². The van der Waals surface area contributed by atoms with E-state index in [2.05, 4.69) is 4.99 Å². The molecule has 1 aliphatic heterocycles. The number of imide groups is 1. The first-order chi connectivity index (χ1) is 14.3. The van der Waals surface area contributed by atoms with Crippen molar-refractivity contribution in [2.24, 2.45) is 4.99 Å². The highest BCUT2D eigenvalue weighted by Crippen LogP contribution is 2.26. The molecule has 0 saturated heterocycles. The van der Waals surface area contributed by atoms with Gasteiger partial charge in [0.05, 0.1) is 11.6 Å². The Bertz CT molecular complexity index is 1180. The Balaban J connectivity index is 1.58. The lowest BCUT2D eigenvalue weighted by Gasteiger charge is -2.13. The lowest BCUT2D eigenvalue weighted by molar-refractivity contribution is -0.121. The minimum atomic E-state index is -0.544. The first-order valence-electron chi connectivity index (χ1n) is 9.45. The Hall–Kier alpha value is -3.25. The summed E-state index contributed by atoms with van der Waals surface area (Å²) in [6, 6.07) is 15.2. The summed E-state index contributed by atoms with van der Waals surface area (Å²) in [4.78, 5) is 30.2. The van der Waals surface area contributed by atoms with Gasteiger partial charge < -0.3 is 4.57 Å². The van der Waals surface area contributed by atoms with E-state index in [1.54, 1.807) is 12.1 Å². The van der Waals surface area contributed by atoms with Crippen LogP contribution in [0.1, 0.15) is 22.5 Å². The van der Waals surface area contributed by atoms with E-state index < -0.39 is 11.8 Å². The van der Waals surface area contributed by atoms with Crippen LogP contribution in [0, 0.1) is 19.7 Å². The van der Waals surface area contributed by atoms with E-state index in [0.717, 1.165) is 33.1 Å². The number of nitrogens with zero attached hydrogens (tertiary/aromatic N) is 3. The zero-order valence-corrected chi connectivity index (χ0v) is 17.3. The number of hydrogen-bond acceptors (Lipinski definition) is 2. The quantitative estimate of drug-likeness (QED) is 0.577. The number of carbonyl (C=O) groups is 2. The number of benzene rings is 2. The van der Waals surface area contributed by atoms with Gasteiger partial charge in [0, 0.05) is 23.5 Å². The molecule has 30 heavy (non-hydrogen) atoms. The van der Waals surface area contributed by atoms with E-state index in [9.17, 15) is 14.0 Å². The van der Waals surface area contributed by atoms with Crippen molar-refractivity contribution in [3.63, 3.8) is 0 Å². The van der Waals surface area contributed by atoms with Crippen LogP contribution in [0.2, 0.25) is 5.02 Å². The Kier molecular flexibility index (Phi) is 5.26. The van der Waals surface area contributed by atoms with E-state index in [4.69, 9.17) is 11.6 Å². The lowest BCUT2D eigenvalue weighted by Crippen LogP contribution is -2.32. The number of carbonyl (C=O) groups excluding carboxylic acids is 2. The van der Waals surface area contributed by atoms with Crippen LogP contribution in [0.25, 0.3) is 5.69 Å². The van der Waals surface area contributed by atoms with Gasteiger partial charge in [0.1, 0.15) is 11.5 Å². The lowest BCUT2D eigenvalue weighted by atomic mass is 10.1. The normalized spacial score (nSPS) is 13.9. The first kappa shape index (κ1) is 20.0. The van der Waals surface area contributed by atoms with Crippen molar-refractivity contribution in [3.05, 3.63) is 88.0 Å². The molecule has 0 bridgehead atoms. The molecule has 3 amide bonds. The highest BCUT2D eigenvalue weighted by molar-refractivity contribution is 6.46. The molecule has 2 heterocycles. The van der Waals surface area contributed by atoms with E-state index >= 15 is 0 Å². The second kappa shape index (κ2) is 7.88. The molecule has 1 aromatic heterocycles. The molecular formula is C23H19ClFN3O2. The molecule has 0 spiro atoms. The molecule has 0 saturated carbocycles. The van der Waals surface area contributed by atoms with Gasteiger partial charge >= 0.3 is 6.03 Å². The highest BCUT2D eigenvalue weighted by Gasteiger charge is 2.33. The summed E-state index contributed by atoms with van der Waals surface area (Å²) in [7, 11) is 0. The molecule has 1 aliphatic rings. The van der Waals surface area contributed by atoms with Crippen LogP contribution < -0.4 is 0 Å². The predicted molar refractivity (Wildman–Crippen MR) is 114 cm³/mol. The maximum Gasteiger partial charge on any atom is 0.351 e. The molecule has 7 heteroatoms. The van der Waals surface area contributed by atoms with Crippen LogP contribution in [0.15, 0.2) is 59.6 Å². The van der Waals surface area contributed by atoms with Crippen LogP contribution in [0.5, 0.6) is 0 Å². The standard InChI is InChI=1S/C23H19ClFN3O2/c1-14-10-17(15(2)28(14)18-8-9-20(25)19(24)12-18)11-21-22(29)27(23(30)26-21)13-16-6-4-3-5-7-16/h3-10,12H,11,13H2,1-2H3. The number of halogens is 2. The predicted octanol–water partition coefficient (Wildman–Crippen LogP) is 5.03. The summed E-state index contributed by atoms with van der Waals surface area (Å²) in [6.07, 6.45) is 0.241. The van der Waals surface area contributed by atoms with Crippen LogP contribution in [0.4, 0.5) is 9.18 Å². The maximum atomic E-state index is 13.5. The van der Waals surface area contributed by atoms with Crippen molar-refractivity contribution >= 4 is 29.3 Å². The minimum absolute atomic E-state index is 0.0408. The van der Waals surface area contributed by atoms with Crippen LogP contribution >= 0.6 is 11.6 Å². The van der Waals surface area contributed by atoms with E-state index in [0.29, 0.717) is 0 Å². The maximum absolute atomic E-state index is 13.5. The van der Waals surface area contributed by atoms with E-state index in [-0.39, 0.29) is 29.6 Å². The third-order valence-corrected chi connectivity index (χ3v) is 5.48. The monoisotopic (exact) mass is 423 g/mol. The fourth-order valence-electron chi connectivity index (χ4n) is 3.70. The molecule has 0 atom stereocenters. The van der Waals surface area contributed by atoms with Gasteiger partial charge in [-0.05, 0) is 49.2 Å². The number of aromatic nitrogens is 1. The molecule has 0 fully saturated rings. The van der Waals surface area contributed by atoms with Crippen molar-refractivity contribution < 1.29 is 14.0 Å². The molecule has 3 aromatic rings. The number of rotatable bonds is 5. The summed E-state index contributed by atoms with van der Waals surface area (Å²) in [6.45, 7) is 4.01. The van der Waals surface area contributed by atoms with Crippen molar-refractivity contribution in [2.45, 2.75) is 26.8 Å². The second-order valence-electron chi connectivity index (χ2n) is 7.22. The van der Waals surface area contributed by atoms with Gasteiger partial charge in [0.2, 0.25) is 0 Å². The van der Waals surface area contributed by atoms with Crippen molar-refractivity contribution in [3.8, 4) is 5.69 Å². The molecule has 152 valence electrons. The summed E-state index contributed by atoms with van der Waals surface area (Å²) >= 11 is 5.94. The van der Waals surface area contributed by atoms with Gasteiger partial charge in [-0.3, -0.25) is 9.69 Å². The first-order valence-corrected chi connectivity index (χ1v) is 9.83. The fourth-order valence-corrected chi connectivity index (χ4v) is 3.87. The van der Waals surface area contributed by atoms with Crippen LogP contribution in [-0.2, 0) is 17.8 Å². The van der Waals surface area contributed by atoms with Crippen LogP contribution in [0.3, 0.4) is 0 Å². The van der Waals surface area contributed by atoms with E-state index in [1.165, 1.54) is 6.07 Å². The highest BCUT2D eigenvalue weighted by atomic mass is 35.5. The Morgan fingerprint density at radius 1 is 1.03 bits per heavy atom. The smallest absolute Gasteiger partial charge is 0.318 e. The average Bonchev–Trinajstić information content (AvgIpc) is 3.15. The summed E-state index contributed by atoms with van der Waals surface area (Å²) < 4.78 is 15.5. The van der Waals surface area contributed by atoms with Crippen molar-refractivity contribution in [1.29, 1.82) is 0 Å². The number of aryl methyl sites for hydroxylation is 1. The number of urea groups is 1. The van der Waals surface area contributed by atoms with E-state index in [1.807, 2.05) is 54.8 Å². The van der Waals surface area contributed by atoms with Gasteiger partial charge in [-0.2, -0.15) is 4.99 Å². The number of hydrogen-bond donors (Lipinski definition) is 0. The summed E-state index contributed by atoms with van der Waals surface area (Å²) in [5, 5.41) is 0.0408. The van der Waals surface area contributed by atoms with Gasteiger partial charge in [0.15, 0.2) is 0 Å². The molecule has 5 nitrogen and oxygen atoms in total. The Morgan fingerprint density at radius 3 is 2.47 bits per heavy atom. The molecule has 4 rings (SSSR count). The van der Waals surface area contributed by atoms with Gasteiger partial charge in [-0.1, -0.05) is 41.9 Å².